The summed E-state index contributed by atoms with van der Waals surface area (Å²) >= 11 is 0. The van der Waals surface area contributed by atoms with Crippen LogP contribution in [0.1, 0.15) is 10.4 Å². The predicted molar refractivity (Wildman–Crippen MR) is 113 cm³/mol. The van der Waals surface area contributed by atoms with Crippen LogP contribution in [0.4, 0.5) is 11.4 Å². The zero-order valence-electron chi connectivity index (χ0n) is 16.3. The number of ether oxygens (including phenoxy) is 2. The highest BCUT2D eigenvalue weighted by atomic mass is 16.5. The van der Waals surface area contributed by atoms with Gasteiger partial charge in [-0.3, -0.25) is 9.59 Å². The van der Waals surface area contributed by atoms with E-state index in [0.717, 1.165) is 5.69 Å². The third-order valence-corrected chi connectivity index (χ3v) is 4.27. The Labute approximate surface area is 169 Å². The van der Waals surface area contributed by atoms with Crippen LogP contribution in [0.25, 0.3) is 0 Å². The molecule has 0 aliphatic carbocycles. The Bertz CT molecular complexity index is 989. The zero-order valence-corrected chi connectivity index (χ0v) is 16.3. The lowest BCUT2D eigenvalue weighted by atomic mass is 10.1. The van der Waals surface area contributed by atoms with Crippen molar-refractivity contribution in [3.05, 3.63) is 84.4 Å². The Hall–Kier alpha value is -3.80. The van der Waals surface area contributed by atoms with Gasteiger partial charge in [0.2, 0.25) is 0 Å². The fraction of sp³-hybridized carbons (Fsp3) is 0.130. The SMILES string of the molecule is COc1ccccc1OCC(=O)Nc1cccc(C(=O)N(C)c2ccccc2)c1. The number of amides is 2. The van der Waals surface area contributed by atoms with Crippen LogP contribution in [0.5, 0.6) is 11.5 Å². The molecule has 1 N–H and O–H groups in total. The van der Waals surface area contributed by atoms with Gasteiger partial charge in [-0.2, -0.15) is 0 Å². The van der Waals surface area contributed by atoms with Gasteiger partial charge in [-0.15, -0.1) is 0 Å². The molecule has 0 spiro atoms. The maximum atomic E-state index is 12.7. The Morgan fingerprint density at radius 2 is 1.59 bits per heavy atom. The number of methoxy groups -OCH3 is 1. The summed E-state index contributed by atoms with van der Waals surface area (Å²) in [5, 5.41) is 2.75. The van der Waals surface area contributed by atoms with E-state index >= 15 is 0 Å². The third kappa shape index (κ3) is 5.13. The topological polar surface area (TPSA) is 67.9 Å². The summed E-state index contributed by atoms with van der Waals surface area (Å²) in [7, 11) is 3.25. The summed E-state index contributed by atoms with van der Waals surface area (Å²) in [6.45, 7) is -0.178. The Balaban J connectivity index is 1.63. The molecule has 2 amide bonds. The number of para-hydroxylation sites is 3. The highest BCUT2D eigenvalue weighted by Gasteiger charge is 2.14. The van der Waals surface area contributed by atoms with Crippen molar-refractivity contribution in [1.82, 2.24) is 0 Å². The molecular formula is C23H22N2O4. The molecule has 6 nitrogen and oxygen atoms in total. The number of nitrogens with one attached hydrogen (secondary N) is 1. The van der Waals surface area contributed by atoms with Crippen LogP contribution in [0, 0.1) is 0 Å². The van der Waals surface area contributed by atoms with Crippen molar-refractivity contribution < 1.29 is 19.1 Å². The molecule has 0 aliphatic heterocycles. The van der Waals surface area contributed by atoms with Crippen LogP contribution < -0.4 is 19.7 Å². The normalized spacial score (nSPS) is 10.1. The largest absolute Gasteiger partial charge is 0.493 e. The van der Waals surface area contributed by atoms with E-state index in [-0.39, 0.29) is 18.4 Å². The molecule has 0 atom stereocenters. The van der Waals surface area contributed by atoms with Gasteiger partial charge in [0, 0.05) is 24.0 Å². The molecule has 0 saturated heterocycles. The molecule has 0 aliphatic rings. The lowest BCUT2D eigenvalue weighted by Crippen LogP contribution is -2.26. The molecule has 3 aromatic rings. The van der Waals surface area contributed by atoms with E-state index in [9.17, 15) is 9.59 Å². The van der Waals surface area contributed by atoms with Gasteiger partial charge in [0.25, 0.3) is 11.8 Å². The van der Waals surface area contributed by atoms with Gasteiger partial charge in [-0.25, -0.2) is 0 Å². The van der Waals surface area contributed by atoms with E-state index in [1.165, 1.54) is 7.11 Å². The Morgan fingerprint density at radius 1 is 0.897 bits per heavy atom. The van der Waals surface area contributed by atoms with Crippen molar-refractivity contribution in [2.45, 2.75) is 0 Å². The first-order valence-electron chi connectivity index (χ1n) is 9.07. The quantitative estimate of drug-likeness (QED) is 0.662. The lowest BCUT2D eigenvalue weighted by molar-refractivity contribution is -0.118. The molecule has 0 saturated carbocycles. The van der Waals surface area contributed by atoms with Crippen molar-refractivity contribution in [3.63, 3.8) is 0 Å². The van der Waals surface area contributed by atoms with E-state index in [2.05, 4.69) is 5.32 Å². The molecule has 3 rings (SSSR count). The number of hydrogen-bond donors (Lipinski definition) is 1. The second-order valence-electron chi connectivity index (χ2n) is 6.27. The standard InChI is InChI=1S/C23H22N2O4/c1-25(19-11-4-3-5-12-19)23(27)17-9-8-10-18(15-17)24-22(26)16-29-21-14-7-6-13-20(21)28-2/h3-15H,16H2,1-2H3,(H,24,26). The number of nitrogens with zero attached hydrogens (tertiary/aromatic N) is 1. The minimum atomic E-state index is -0.336. The average Bonchev–Trinajstić information content (AvgIpc) is 2.77. The van der Waals surface area contributed by atoms with Gasteiger partial charge in [0.15, 0.2) is 18.1 Å². The number of carbonyl (C=O) groups excluding carboxylic acids is 2. The summed E-state index contributed by atoms with van der Waals surface area (Å²) in [6, 6.07) is 23.3. The number of benzene rings is 3. The second kappa shape index (κ2) is 9.41. The molecule has 0 unspecified atom stereocenters. The molecule has 0 aromatic heterocycles. The minimum Gasteiger partial charge on any atom is -0.493 e. The summed E-state index contributed by atoms with van der Waals surface area (Å²) in [5.74, 6) is 0.532. The molecular weight excluding hydrogens is 368 g/mol. The summed E-state index contributed by atoms with van der Waals surface area (Å²) in [4.78, 5) is 26.5. The van der Waals surface area contributed by atoms with E-state index in [4.69, 9.17) is 9.47 Å². The molecule has 148 valence electrons. The zero-order chi connectivity index (χ0) is 20.6. The molecule has 0 fully saturated rings. The fourth-order valence-electron chi connectivity index (χ4n) is 2.77. The van der Waals surface area contributed by atoms with E-state index in [0.29, 0.717) is 22.7 Å². The highest BCUT2D eigenvalue weighted by Crippen LogP contribution is 2.25. The lowest BCUT2D eigenvalue weighted by Gasteiger charge is -2.17. The first-order chi connectivity index (χ1) is 14.1. The van der Waals surface area contributed by atoms with Crippen molar-refractivity contribution in [1.29, 1.82) is 0 Å². The predicted octanol–water partition coefficient (Wildman–Crippen LogP) is 3.99. The van der Waals surface area contributed by atoms with E-state index in [1.807, 2.05) is 36.4 Å². The molecule has 3 aromatic carbocycles. The molecule has 0 radical (unpaired) electrons. The first-order valence-corrected chi connectivity index (χ1v) is 9.07. The van der Waals surface area contributed by atoms with Gasteiger partial charge in [0.1, 0.15) is 0 Å². The number of anilines is 2. The van der Waals surface area contributed by atoms with Crippen LogP contribution in [-0.4, -0.2) is 32.6 Å². The van der Waals surface area contributed by atoms with Crippen LogP contribution in [-0.2, 0) is 4.79 Å². The van der Waals surface area contributed by atoms with Crippen LogP contribution >= 0.6 is 0 Å². The summed E-state index contributed by atoms with van der Waals surface area (Å²) < 4.78 is 10.7. The molecule has 0 heterocycles. The maximum Gasteiger partial charge on any atom is 0.262 e. The second-order valence-corrected chi connectivity index (χ2v) is 6.27. The Morgan fingerprint density at radius 3 is 2.31 bits per heavy atom. The van der Waals surface area contributed by atoms with Crippen LogP contribution in [0.15, 0.2) is 78.9 Å². The van der Waals surface area contributed by atoms with E-state index in [1.54, 1.807) is 54.4 Å². The number of rotatable bonds is 7. The monoisotopic (exact) mass is 390 g/mol. The molecule has 6 heteroatoms. The van der Waals surface area contributed by atoms with Crippen molar-refractivity contribution in [3.8, 4) is 11.5 Å². The summed E-state index contributed by atoms with van der Waals surface area (Å²) in [5.41, 5.74) is 1.78. The van der Waals surface area contributed by atoms with E-state index < -0.39 is 0 Å². The molecule has 29 heavy (non-hydrogen) atoms. The third-order valence-electron chi connectivity index (χ3n) is 4.27. The number of carbonyl (C=O) groups is 2. The van der Waals surface area contributed by atoms with Gasteiger partial charge in [-0.1, -0.05) is 36.4 Å². The summed E-state index contributed by atoms with van der Waals surface area (Å²) in [6.07, 6.45) is 0. The first kappa shape index (κ1) is 19.9. The van der Waals surface area contributed by atoms with Gasteiger partial charge < -0.3 is 19.7 Å². The Kier molecular flexibility index (Phi) is 6.47. The molecule has 0 bridgehead atoms. The van der Waals surface area contributed by atoms with Crippen LogP contribution in [0.2, 0.25) is 0 Å². The smallest absolute Gasteiger partial charge is 0.262 e. The van der Waals surface area contributed by atoms with Gasteiger partial charge in [0.05, 0.1) is 7.11 Å². The number of hydrogen-bond acceptors (Lipinski definition) is 4. The van der Waals surface area contributed by atoms with Crippen molar-refractivity contribution >= 4 is 23.2 Å². The maximum absolute atomic E-state index is 12.7. The highest BCUT2D eigenvalue weighted by molar-refractivity contribution is 6.06. The van der Waals surface area contributed by atoms with Crippen LogP contribution in [0.3, 0.4) is 0 Å². The van der Waals surface area contributed by atoms with Gasteiger partial charge in [-0.05, 0) is 42.5 Å². The minimum absolute atomic E-state index is 0.169. The van der Waals surface area contributed by atoms with Crippen molar-refractivity contribution in [2.75, 3.05) is 31.0 Å². The fourth-order valence-corrected chi connectivity index (χ4v) is 2.77. The average molecular weight is 390 g/mol. The van der Waals surface area contributed by atoms with Crippen molar-refractivity contribution in [2.24, 2.45) is 0 Å². The van der Waals surface area contributed by atoms with Gasteiger partial charge >= 0.3 is 0 Å².